The van der Waals surface area contributed by atoms with Crippen LogP contribution in [0.1, 0.15) is 27.7 Å². The quantitative estimate of drug-likeness (QED) is 0.808. The summed E-state index contributed by atoms with van der Waals surface area (Å²) in [6.07, 6.45) is 3.51. The molecular weight excluding hydrogens is 264 g/mol. The molecule has 19 heavy (non-hydrogen) atoms. The Bertz CT molecular complexity index is 583. The third kappa shape index (κ3) is 2.24. The van der Waals surface area contributed by atoms with Crippen LogP contribution < -0.4 is 5.46 Å². The zero-order chi connectivity index (χ0) is 13.0. The Morgan fingerprint density at radius 3 is 2.37 bits per heavy atom. The summed E-state index contributed by atoms with van der Waals surface area (Å²) in [4.78, 5) is 4.30. The van der Waals surface area contributed by atoms with E-state index in [0.717, 1.165) is 16.5 Å². The van der Waals surface area contributed by atoms with Crippen molar-refractivity contribution in [3.63, 3.8) is 0 Å². The zero-order valence-electron chi connectivity index (χ0n) is 11.4. The van der Waals surface area contributed by atoms with Gasteiger partial charge in [-0.1, -0.05) is 0 Å². The molecule has 3 heterocycles. The first-order chi connectivity index (χ1) is 8.39. The molecule has 1 N–H and O–H groups in total. The number of nitrogens with zero attached hydrogens (tertiary/aromatic N) is 2. The molecule has 0 amide bonds. The minimum atomic E-state index is -0.373. The van der Waals surface area contributed by atoms with Crippen LogP contribution in [0.3, 0.4) is 0 Å². The van der Waals surface area contributed by atoms with Crippen LogP contribution >= 0.6 is 12.4 Å². The smallest absolute Gasteiger partial charge is 0.399 e. The molecule has 0 radical (unpaired) electrons. The van der Waals surface area contributed by atoms with Crippen LogP contribution in [0, 0.1) is 0 Å². The maximum atomic E-state index is 5.98. The number of nitrogens with one attached hydrogen (secondary N) is 1. The molecule has 3 rings (SSSR count). The van der Waals surface area contributed by atoms with Crippen molar-refractivity contribution < 1.29 is 9.31 Å². The van der Waals surface area contributed by atoms with Crippen molar-refractivity contribution in [2.75, 3.05) is 0 Å². The predicted molar refractivity (Wildman–Crippen MR) is 76.9 cm³/mol. The number of aromatic nitrogens is 3. The van der Waals surface area contributed by atoms with Gasteiger partial charge in [-0.05, 0) is 33.8 Å². The average molecular weight is 282 g/mol. The fourth-order valence-corrected chi connectivity index (χ4v) is 1.96. The lowest BCUT2D eigenvalue weighted by atomic mass is 9.80. The van der Waals surface area contributed by atoms with Crippen LogP contribution in [0.25, 0.3) is 11.0 Å². The zero-order valence-corrected chi connectivity index (χ0v) is 12.2. The maximum absolute atomic E-state index is 5.98. The fourth-order valence-electron chi connectivity index (χ4n) is 1.96. The molecule has 7 heteroatoms. The van der Waals surface area contributed by atoms with Gasteiger partial charge in [0.15, 0.2) is 5.65 Å². The first kappa shape index (κ1) is 14.3. The van der Waals surface area contributed by atoms with Crippen molar-refractivity contribution in [1.29, 1.82) is 0 Å². The highest BCUT2D eigenvalue weighted by molar-refractivity contribution is 6.62. The van der Waals surface area contributed by atoms with Gasteiger partial charge >= 0.3 is 7.12 Å². The third-order valence-electron chi connectivity index (χ3n) is 3.84. The van der Waals surface area contributed by atoms with Crippen molar-refractivity contribution in [3.05, 3.63) is 18.5 Å². The van der Waals surface area contributed by atoms with E-state index in [-0.39, 0.29) is 30.7 Å². The van der Waals surface area contributed by atoms with E-state index in [1.807, 2.05) is 33.8 Å². The monoisotopic (exact) mass is 281 g/mol. The van der Waals surface area contributed by atoms with Crippen LogP contribution in [0.2, 0.25) is 0 Å². The lowest BCUT2D eigenvalue weighted by Crippen LogP contribution is -2.41. The van der Waals surface area contributed by atoms with Crippen LogP contribution in [0.4, 0.5) is 0 Å². The largest absolute Gasteiger partial charge is 0.496 e. The number of rotatable bonds is 1. The summed E-state index contributed by atoms with van der Waals surface area (Å²) in [6.45, 7) is 8.15. The van der Waals surface area contributed by atoms with E-state index >= 15 is 0 Å². The summed E-state index contributed by atoms with van der Waals surface area (Å²) in [6, 6.07) is 1.99. The summed E-state index contributed by atoms with van der Waals surface area (Å²) in [5.74, 6) is 0. The number of hydrogen-bond acceptors (Lipinski definition) is 4. The molecule has 0 bridgehead atoms. The van der Waals surface area contributed by atoms with E-state index in [9.17, 15) is 0 Å². The second-order valence-corrected chi connectivity index (χ2v) is 5.66. The van der Waals surface area contributed by atoms with Gasteiger partial charge in [-0.15, -0.1) is 12.4 Å². The molecule has 2 aromatic heterocycles. The van der Waals surface area contributed by atoms with Crippen molar-refractivity contribution >= 4 is 36.0 Å². The normalized spacial score (nSPS) is 20.5. The van der Waals surface area contributed by atoms with Gasteiger partial charge in [0, 0.05) is 17.0 Å². The lowest BCUT2D eigenvalue weighted by Gasteiger charge is -2.32. The number of aromatic amines is 1. The highest BCUT2D eigenvalue weighted by atomic mass is 35.5. The fraction of sp³-hybridized carbons (Fsp3) is 0.500. The first-order valence-corrected chi connectivity index (χ1v) is 6.04. The van der Waals surface area contributed by atoms with Crippen LogP contribution in [-0.4, -0.2) is 33.5 Å². The van der Waals surface area contributed by atoms with Crippen molar-refractivity contribution in [1.82, 2.24) is 15.2 Å². The molecule has 1 aliphatic heterocycles. The van der Waals surface area contributed by atoms with Crippen LogP contribution in [-0.2, 0) is 9.31 Å². The molecule has 102 valence electrons. The summed E-state index contributed by atoms with van der Waals surface area (Å²) < 4.78 is 12.0. The van der Waals surface area contributed by atoms with Crippen LogP contribution in [0.15, 0.2) is 18.5 Å². The highest BCUT2D eigenvalue weighted by Gasteiger charge is 2.51. The van der Waals surface area contributed by atoms with E-state index in [4.69, 9.17) is 9.31 Å². The Balaban J connectivity index is 0.00000133. The van der Waals surface area contributed by atoms with Gasteiger partial charge < -0.3 is 9.31 Å². The SMILES string of the molecule is CC1(C)OB(c2cnc3[nH]ncc3c2)OC1(C)C.Cl. The standard InChI is InChI=1S/C12H16BN3O2.ClH/c1-11(2)12(3,4)18-13(17-11)9-5-8-6-15-16-10(8)14-7-9;/h5-7H,1-4H3,(H,14,15,16);1H. The third-order valence-corrected chi connectivity index (χ3v) is 3.84. The Kier molecular flexibility index (Phi) is 3.37. The summed E-state index contributed by atoms with van der Waals surface area (Å²) in [5.41, 5.74) is 1.03. The molecule has 0 atom stereocenters. The van der Waals surface area contributed by atoms with Gasteiger partial charge in [-0.3, -0.25) is 5.10 Å². The average Bonchev–Trinajstić information content (AvgIpc) is 2.80. The Morgan fingerprint density at radius 2 is 1.74 bits per heavy atom. The maximum Gasteiger partial charge on any atom is 0.496 e. The van der Waals surface area contributed by atoms with Crippen molar-refractivity contribution in [2.24, 2.45) is 0 Å². The second kappa shape index (κ2) is 4.47. The van der Waals surface area contributed by atoms with E-state index in [1.54, 1.807) is 12.4 Å². The summed E-state index contributed by atoms with van der Waals surface area (Å²) in [5, 5.41) is 7.74. The first-order valence-electron chi connectivity index (χ1n) is 6.04. The number of H-pyrrole nitrogens is 1. The lowest BCUT2D eigenvalue weighted by molar-refractivity contribution is 0.00578. The number of fused-ring (bicyclic) bond motifs is 1. The van der Waals surface area contributed by atoms with Crippen molar-refractivity contribution in [3.8, 4) is 0 Å². The highest BCUT2D eigenvalue weighted by Crippen LogP contribution is 2.36. The van der Waals surface area contributed by atoms with Gasteiger partial charge in [-0.2, -0.15) is 5.10 Å². The predicted octanol–water partition coefficient (Wildman–Crippen LogP) is 1.68. The van der Waals surface area contributed by atoms with Gasteiger partial charge in [-0.25, -0.2) is 4.98 Å². The second-order valence-electron chi connectivity index (χ2n) is 5.66. The topological polar surface area (TPSA) is 60.0 Å². The van der Waals surface area contributed by atoms with Gasteiger partial charge in [0.1, 0.15) is 0 Å². The van der Waals surface area contributed by atoms with Gasteiger partial charge in [0.25, 0.3) is 0 Å². The van der Waals surface area contributed by atoms with Gasteiger partial charge in [0.05, 0.1) is 17.4 Å². The summed E-state index contributed by atoms with van der Waals surface area (Å²) in [7, 11) is -0.373. The molecular formula is C12H17BClN3O2. The molecule has 1 fully saturated rings. The molecule has 5 nitrogen and oxygen atoms in total. The summed E-state index contributed by atoms with van der Waals surface area (Å²) >= 11 is 0. The molecule has 0 spiro atoms. The van der Waals surface area contributed by atoms with Crippen molar-refractivity contribution in [2.45, 2.75) is 38.9 Å². The van der Waals surface area contributed by atoms with Gasteiger partial charge in [0.2, 0.25) is 0 Å². The molecule has 1 aliphatic rings. The molecule has 1 saturated heterocycles. The Hall–Kier alpha value is -1.11. The molecule has 0 unspecified atom stereocenters. The number of halogens is 1. The van der Waals surface area contributed by atoms with E-state index < -0.39 is 0 Å². The minimum Gasteiger partial charge on any atom is -0.399 e. The van der Waals surface area contributed by atoms with E-state index in [0.29, 0.717) is 0 Å². The Morgan fingerprint density at radius 1 is 1.11 bits per heavy atom. The minimum absolute atomic E-state index is 0. The number of pyridine rings is 1. The van der Waals surface area contributed by atoms with E-state index in [2.05, 4.69) is 15.2 Å². The molecule has 2 aromatic rings. The molecule has 0 aromatic carbocycles. The van der Waals surface area contributed by atoms with E-state index in [1.165, 1.54) is 0 Å². The molecule has 0 aliphatic carbocycles. The van der Waals surface area contributed by atoms with Crippen LogP contribution in [0.5, 0.6) is 0 Å². The molecule has 0 saturated carbocycles. The Labute approximate surface area is 118 Å². The number of hydrogen-bond donors (Lipinski definition) is 1.